The van der Waals surface area contributed by atoms with E-state index in [4.69, 9.17) is 0 Å². The van der Waals surface area contributed by atoms with Crippen LogP contribution in [0.2, 0.25) is 0 Å². The highest BCUT2D eigenvalue weighted by atomic mass is 32.2. The Kier molecular flexibility index (Phi) is 7.09. The van der Waals surface area contributed by atoms with Crippen LogP contribution in [0.3, 0.4) is 0 Å². The molecule has 0 fully saturated rings. The Balaban J connectivity index is 1.61. The van der Waals surface area contributed by atoms with Crippen molar-refractivity contribution in [3.8, 4) is 0 Å². The average Bonchev–Trinajstić information content (AvgIpc) is 3.33. The summed E-state index contributed by atoms with van der Waals surface area (Å²) in [7, 11) is 0. The van der Waals surface area contributed by atoms with Crippen LogP contribution >= 0.6 is 23.1 Å². The number of amides is 2. The molecule has 0 saturated heterocycles. The molecule has 0 spiro atoms. The molecule has 0 unspecified atom stereocenters. The number of nitrogens with one attached hydrogen (secondary N) is 2. The first-order chi connectivity index (χ1) is 14.0. The third kappa shape index (κ3) is 5.96. The molecule has 0 atom stereocenters. The number of thioether (sulfide) groups is 1. The van der Waals surface area contributed by atoms with Gasteiger partial charge in [-0.3, -0.25) is 9.59 Å². The zero-order chi connectivity index (χ0) is 20.6. The quantitative estimate of drug-likeness (QED) is 0.398. The van der Waals surface area contributed by atoms with Crippen LogP contribution in [-0.2, 0) is 22.6 Å². The molecule has 8 nitrogen and oxygen atoms in total. The standard InChI is InChI=1S/C18H17FN6O2S2/c1-2-8-25-14(10-15(26)21-13-5-3-12(19)4-6-13)23-24-18(25)29-11-16(27)22-17-20-7-9-28-17/h2-7,9H,1,8,10-11H2,(H,21,26)(H,20,22,27). The number of anilines is 2. The van der Waals surface area contributed by atoms with Gasteiger partial charge in [-0.05, 0) is 24.3 Å². The fraction of sp³-hybridized carbons (Fsp3) is 0.167. The Labute approximate surface area is 174 Å². The molecule has 0 saturated carbocycles. The van der Waals surface area contributed by atoms with E-state index >= 15 is 0 Å². The maximum Gasteiger partial charge on any atom is 0.236 e. The van der Waals surface area contributed by atoms with Crippen molar-refractivity contribution in [2.24, 2.45) is 0 Å². The lowest BCUT2D eigenvalue weighted by Crippen LogP contribution is -2.18. The number of rotatable bonds is 9. The molecule has 3 rings (SSSR count). The number of nitrogens with zero attached hydrogens (tertiary/aromatic N) is 4. The van der Waals surface area contributed by atoms with Gasteiger partial charge >= 0.3 is 0 Å². The van der Waals surface area contributed by atoms with Crippen LogP contribution in [-0.4, -0.2) is 37.3 Å². The second-order valence-electron chi connectivity index (χ2n) is 5.70. The molecule has 0 radical (unpaired) electrons. The van der Waals surface area contributed by atoms with Gasteiger partial charge in [0, 0.05) is 23.8 Å². The number of carbonyl (C=O) groups excluding carboxylic acids is 2. The number of benzene rings is 1. The number of halogens is 1. The van der Waals surface area contributed by atoms with Crippen LogP contribution in [0.5, 0.6) is 0 Å². The number of hydrogen-bond donors (Lipinski definition) is 2. The van der Waals surface area contributed by atoms with Crippen LogP contribution < -0.4 is 10.6 Å². The summed E-state index contributed by atoms with van der Waals surface area (Å²) < 4.78 is 14.7. The van der Waals surface area contributed by atoms with Crippen LogP contribution in [0.1, 0.15) is 5.82 Å². The fourth-order valence-electron chi connectivity index (χ4n) is 2.32. The molecule has 2 aromatic heterocycles. The first-order valence-corrected chi connectivity index (χ1v) is 10.3. The van der Waals surface area contributed by atoms with Crippen molar-refractivity contribution in [1.82, 2.24) is 19.7 Å². The second kappa shape index (κ2) is 9.94. The van der Waals surface area contributed by atoms with Gasteiger partial charge in [0.1, 0.15) is 11.6 Å². The lowest BCUT2D eigenvalue weighted by atomic mass is 10.3. The molecule has 3 aromatic rings. The third-order valence-corrected chi connectivity index (χ3v) is 5.22. The van der Waals surface area contributed by atoms with Gasteiger partial charge in [0.15, 0.2) is 10.3 Å². The number of carbonyl (C=O) groups is 2. The SMILES string of the molecule is C=CCn1c(CC(=O)Nc2ccc(F)cc2)nnc1SCC(=O)Nc1nccs1. The Morgan fingerprint density at radius 2 is 2.00 bits per heavy atom. The van der Waals surface area contributed by atoms with Gasteiger partial charge in [-0.1, -0.05) is 17.8 Å². The van der Waals surface area contributed by atoms with Crippen molar-refractivity contribution in [2.45, 2.75) is 18.1 Å². The Bertz CT molecular complexity index is 988. The van der Waals surface area contributed by atoms with E-state index in [9.17, 15) is 14.0 Å². The largest absolute Gasteiger partial charge is 0.326 e. The normalized spacial score (nSPS) is 10.5. The zero-order valence-electron chi connectivity index (χ0n) is 15.2. The molecule has 0 aliphatic heterocycles. The smallest absolute Gasteiger partial charge is 0.236 e. The van der Waals surface area contributed by atoms with Gasteiger partial charge in [-0.2, -0.15) is 0 Å². The summed E-state index contributed by atoms with van der Waals surface area (Å²) in [5.74, 6) is -0.348. The minimum absolute atomic E-state index is 0.0237. The second-order valence-corrected chi connectivity index (χ2v) is 7.54. The van der Waals surface area contributed by atoms with Gasteiger partial charge in [0.2, 0.25) is 11.8 Å². The van der Waals surface area contributed by atoms with E-state index < -0.39 is 0 Å². The Morgan fingerprint density at radius 1 is 1.21 bits per heavy atom. The predicted molar refractivity (Wildman–Crippen MR) is 110 cm³/mol. The van der Waals surface area contributed by atoms with Crippen molar-refractivity contribution < 1.29 is 14.0 Å². The molecule has 11 heteroatoms. The van der Waals surface area contributed by atoms with Crippen molar-refractivity contribution in [2.75, 3.05) is 16.4 Å². The van der Waals surface area contributed by atoms with Crippen molar-refractivity contribution >= 4 is 45.7 Å². The summed E-state index contributed by atoms with van der Waals surface area (Å²) in [6.45, 7) is 4.10. The molecule has 29 heavy (non-hydrogen) atoms. The van der Waals surface area contributed by atoms with Gasteiger partial charge in [0.25, 0.3) is 0 Å². The van der Waals surface area contributed by atoms with Crippen LogP contribution in [0.25, 0.3) is 0 Å². The molecule has 2 amide bonds. The number of aromatic nitrogens is 4. The highest BCUT2D eigenvalue weighted by molar-refractivity contribution is 7.99. The molecule has 1 aromatic carbocycles. The summed E-state index contributed by atoms with van der Waals surface area (Å²) in [6, 6.07) is 5.48. The van der Waals surface area contributed by atoms with Crippen LogP contribution in [0, 0.1) is 5.82 Å². The maximum atomic E-state index is 13.0. The lowest BCUT2D eigenvalue weighted by molar-refractivity contribution is -0.116. The summed E-state index contributed by atoms with van der Waals surface area (Å²) in [4.78, 5) is 28.3. The maximum absolute atomic E-state index is 13.0. The van der Waals surface area contributed by atoms with Crippen molar-refractivity contribution in [3.05, 3.63) is 60.1 Å². The summed E-state index contributed by atoms with van der Waals surface area (Å²) in [6.07, 6.45) is 3.24. The number of thiazole rings is 1. The first-order valence-electron chi connectivity index (χ1n) is 8.45. The molecule has 0 aliphatic carbocycles. The van der Waals surface area contributed by atoms with E-state index in [1.807, 2.05) is 0 Å². The summed E-state index contributed by atoms with van der Waals surface area (Å²) in [5, 5.41) is 16.3. The van der Waals surface area contributed by atoms with E-state index in [2.05, 4.69) is 32.4 Å². The van der Waals surface area contributed by atoms with Crippen LogP contribution in [0.15, 0.2) is 53.7 Å². The lowest BCUT2D eigenvalue weighted by Gasteiger charge is -2.08. The molecular weight excluding hydrogens is 415 g/mol. The van der Waals surface area contributed by atoms with Crippen molar-refractivity contribution in [3.63, 3.8) is 0 Å². The Morgan fingerprint density at radius 3 is 2.69 bits per heavy atom. The van der Waals surface area contributed by atoms with E-state index in [1.165, 1.54) is 47.4 Å². The van der Waals surface area contributed by atoms with Crippen LogP contribution in [0.4, 0.5) is 15.2 Å². The highest BCUT2D eigenvalue weighted by Crippen LogP contribution is 2.19. The minimum Gasteiger partial charge on any atom is -0.326 e. The molecule has 0 aliphatic rings. The van der Waals surface area contributed by atoms with Gasteiger partial charge in [0.05, 0.1) is 12.2 Å². The third-order valence-electron chi connectivity index (χ3n) is 3.56. The molecule has 0 bridgehead atoms. The van der Waals surface area contributed by atoms with E-state index in [0.29, 0.717) is 28.3 Å². The highest BCUT2D eigenvalue weighted by Gasteiger charge is 2.16. The Hall–Kier alpha value is -3.05. The summed E-state index contributed by atoms with van der Waals surface area (Å²) in [5.41, 5.74) is 0.486. The number of hydrogen-bond acceptors (Lipinski definition) is 7. The van der Waals surface area contributed by atoms with Gasteiger partial charge < -0.3 is 15.2 Å². The molecular formula is C18H17FN6O2S2. The predicted octanol–water partition coefficient (Wildman–Crippen LogP) is 2.97. The first kappa shape index (κ1) is 20.7. The monoisotopic (exact) mass is 432 g/mol. The fourth-order valence-corrected chi connectivity index (χ4v) is 3.63. The topological polar surface area (TPSA) is 102 Å². The van der Waals surface area contributed by atoms with Crippen molar-refractivity contribution in [1.29, 1.82) is 0 Å². The zero-order valence-corrected chi connectivity index (χ0v) is 16.8. The molecule has 150 valence electrons. The molecule has 2 N–H and O–H groups in total. The van der Waals surface area contributed by atoms with E-state index in [1.54, 1.807) is 22.2 Å². The van der Waals surface area contributed by atoms with Gasteiger partial charge in [-0.15, -0.1) is 28.1 Å². The number of allylic oxidation sites excluding steroid dienone is 1. The van der Waals surface area contributed by atoms with E-state index in [0.717, 1.165) is 0 Å². The minimum atomic E-state index is -0.380. The summed E-state index contributed by atoms with van der Waals surface area (Å²) >= 11 is 2.54. The van der Waals surface area contributed by atoms with E-state index in [-0.39, 0.29) is 29.8 Å². The average molecular weight is 433 g/mol. The molecule has 2 heterocycles. The van der Waals surface area contributed by atoms with Gasteiger partial charge in [-0.25, -0.2) is 9.37 Å².